The van der Waals surface area contributed by atoms with Gasteiger partial charge >= 0.3 is 0 Å². The number of nitrogens with one attached hydrogen (secondary N) is 1. The second-order valence-electron chi connectivity index (χ2n) is 6.69. The van der Waals surface area contributed by atoms with Gasteiger partial charge in [0.15, 0.2) is 0 Å². The van der Waals surface area contributed by atoms with Crippen LogP contribution < -0.4 is 10.7 Å². The molecule has 0 aliphatic rings. The number of hydrogen-bond donors (Lipinski definition) is 1. The van der Waals surface area contributed by atoms with Crippen LogP contribution in [0.3, 0.4) is 0 Å². The maximum absolute atomic E-state index is 12.8. The second-order valence-corrected chi connectivity index (χ2v) is 6.69. The summed E-state index contributed by atoms with van der Waals surface area (Å²) in [6, 6.07) is 7.07. The van der Waals surface area contributed by atoms with Crippen molar-refractivity contribution < 1.29 is 9.21 Å². The number of hydrogen-bond acceptors (Lipinski definition) is 5. The van der Waals surface area contributed by atoms with Crippen molar-refractivity contribution in [3.8, 4) is 0 Å². The first kappa shape index (κ1) is 18.8. The Morgan fingerprint density at radius 3 is 2.74 bits per heavy atom. The lowest BCUT2D eigenvalue weighted by atomic mass is 10.1. The Hall–Kier alpha value is -2.93. The Morgan fingerprint density at radius 2 is 2.11 bits per heavy atom. The van der Waals surface area contributed by atoms with Crippen molar-refractivity contribution in [3.05, 3.63) is 64.0 Å². The molecule has 3 rings (SSSR count). The van der Waals surface area contributed by atoms with Gasteiger partial charge in [0.1, 0.15) is 17.0 Å². The first-order valence-electron chi connectivity index (χ1n) is 8.91. The lowest BCUT2D eigenvalue weighted by molar-refractivity contribution is 0.0937. The molecule has 0 aromatic carbocycles. The van der Waals surface area contributed by atoms with Gasteiger partial charge in [-0.05, 0) is 52.2 Å². The van der Waals surface area contributed by atoms with Crippen LogP contribution in [0.25, 0.3) is 11.0 Å². The number of aromatic nitrogens is 2. The monoisotopic (exact) mass is 368 g/mol. The average molecular weight is 368 g/mol. The molecule has 7 heteroatoms. The van der Waals surface area contributed by atoms with Gasteiger partial charge in [0.25, 0.3) is 5.91 Å². The highest BCUT2D eigenvalue weighted by molar-refractivity contribution is 5.96. The molecule has 1 amide bonds. The zero-order chi connectivity index (χ0) is 19.6. The average Bonchev–Trinajstić information content (AvgIpc) is 3.16. The largest absolute Gasteiger partial charge is 0.468 e. The zero-order valence-electron chi connectivity index (χ0n) is 16.0. The molecular formula is C20H24N4O3. The minimum Gasteiger partial charge on any atom is -0.468 e. The van der Waals surface area contributed by atoms with Crippen LogP contribution in [0.1, 0.15) is 34.8 Å². The Bertz CT molecular complexity index is 1010. The Kier molecular flexibility index (Phi) is 5.41. The van der Waals surface area contributed by atoms with Gasteiger partial charge in [-0.2, -0.15) is 0 Å². The van der Waals surface area contributed by atoms with E-state index in [1.165, 1.54) is 0 Å². The highest BCUT2D eigenvalue weighted by Crippen LogP contribution is 2.18. The fourth-order valence-electron chi connectivity index (χ4n) is 3.07. The summed E-state index contributed by atoms with van der Waals surface area (Å²) in [4.78, 5) is 32.0. The number of pyridine rings is 2. The molecular weight excluding hydrogens is 344 g/mol. The molecule has 0 aliphatic heterocycles. The van der Waals surface area contributed by atoms with Crippen LogP contribution in [0.4, 0.5) is 0 Å². The summed E-state index contributed by atoms with van der Waals surface area (Å²) in [5.41, 5.74) is 1.24. The molecule has 0 aliphatic carbocycles. The van der Waals surface area contributed by atoms with Crippen LogP contribution in [-0.4, -0.2) is 41.0 Å². The van der Waals surface area contributed by atoms with Crippen molar-refractivity contribution in [3.63, 3.8) is 0 Å². The molecule has 3 aromatic rings. The van der Waals surface area contributed by atoms with Gasteiger partial charge in [0, 0.05) is 25.0 Å². The summed E-state index contributed by atoms with van der Waals surface area (Å²) in [6.45, 7) is 4.77. The van der Waals surface area contributed by atoms with Crippen LogP contribution in [0.15, 0.2) is 45.9 Å². The number of nitrogens with zero attached hydrogens (tertiary/aromatic N) is 3. The van der Waals surface area contributed by atoms with E-state index in [2.05, 4.69) is 10.3 Å². The number of carbonyl (C=O) groups is 1. The predicted molar refractivity (Wildman–Crippen MR) is 104 cm³/mol. The van der Waals surface area contributed by atoms with Gasteiger partial charge < -0.3 is 14.3 Å². The van der Waals surface area contributed by atoms with E-state index in [0.717, 1.165) is 11.5 Å². The molecule has 1 unspecified atom stereocenters. The molecule has 142 valence electrons. The SMILES string of the molecule is CCn1cc(C(=O)NCC(c2ccco2)N(C)C)c(=O)c2ccc(C)nc21. The van der Waals surface area contributed by atoms with Crippen LogP contribution >= 0.6 is 0 Å². The van der Waals surface area contributed by atoms with Gasteiger partial charge in [-0.15, -0.1) is 0 Å². The first-order chi connectivity index (χ1) is 12.9. The van der Waals surface area contributed by atoms with Crippen molar-refractivity contribution in [2.45, 2.75) is 26.4 Å². The van der Waals surface area contributed by atoms with Crippen LogP contribution in [0, 0.1) is 6.92 Å². The Morgan fingerprint density at radius 1 is 1.33 bits per heavy atom. The third-order valence-electron chi connectivity index (χ3n) is 4.60. The molecule has 1 N–H and O–H groups in total. The molecule has 0 saturated carbocycles. The highest BCUT2D eigenvalue weighted by Gasteiger charge is 2.20. The summed E-state index contributed by atoms with van der Waals surface area (Å²) in [5.74, 6) is 0.354. The number of likely N-dealkylation sites (N-methyl/N-ethyl adjacent to an activating group) is 1. The summed E-state index contributed by atoms with van der Waals surface area (Å²) < 4.78 is 7.28. The number of amides is 1. The lowest BCUT2D eigenvalue weighted by Gasteiger charge is -2.22. The van der Waals surface area contributed by atoms with Gasteiger partial charge in [-0.1, -0.05) is 0 Å². The number of rotatable bonds is 6. The fraction of sp³-hybridized carbons (Fsp3) is 0.350. The topological polar surface area (TPSA) is 80.4 Å². The Labute approximate surface area is 157 Å². The molecule has 0 radical (unpaired) electrons. The molecule has 3 aromatic heterocycles. The van der Waals surface area contributed by atoms with E-state index < -0.39 is 5.91 Å². The predicted octanol–water partition coefficient (Wildman–Crippen LogP) is 2.35. The molecule has 0 spiro atoms. The van der Waals surface area contributed by atoms with Crippen molar-refractivity contribution in [2.75, 3.05) is 20.6 Å². The van der Waals surface area contributed by atoms with E-state index in [-0.39, 0.29) is 17.0 Å². The quantitative estimate of drug-likeness (QED) is 0.722. The van der Waals surface area contributed by atoms with Crippen LogP contribution in [0.5, 0.6) is 0 Å². The molecule has 27 heavy (non-hydrogen) atoms. The Balaban J connectivity index is 1.90. The van der Waals surface area contributed by atoms with E-state index in [9.17, 15) is 9.59 Å². The van der Waals surface area contributed by atoms with Crippen molar-refractivity contribution in [1.29, 1.82) is 0 Å². The van der Waals surface area contributed by atoms with Gasteiger partial charge in [-0.3, -0.25) is 14.5 Å². The van der Waals surface area contributed by atoms with E-state index in [4.69, 9.17) is 4.42 Å². The highest BCUT2D eigenvalue weighted by atomic mass is 16.3. The summed E-state index contributed by atoms with van der Waals surface area (Å²) in [5, 5.41) is 3.31. The van der Waals surface area contributed by atoms with Gasteiger partial charge in [0.2, 0.25) is 5.43 Å². The molecule has 3 heterocycles. The summed E-state index contributed by atoms with van der Waals surface area (Å²) in [7, 11) is 3.82. The molecule has 7 nitrogen and oxygen atoms in total. The summed E-state index contributed by atoms with van der Waals surface area (Å²) >= 11 is 0. The molecule has 0 bridgehead atoms. The van der Waals surface area contributed by atoms with E-state index in [1.807, 2.05) is 49.5 Å². The molecule has 1 atom stereocenters. The maximum atomic E-state index is 12.8. The van der Waals surface area contributed by atoms with Gasteiger partial charge in [0.05, 0.1) is 17.7 Å². The minimum atomic E-state index is -0.400. The molecule has 0 fully saturated rings. The van der Waals surface area contributed by atoms with Crippen molar-refractivity contribution in [2.24, 2.45) is 0 Å². The summed E-state index contributed by atoms with van der Waals surface area (Å²) in [6.07, 6.45) is 3.19. The van der Waals surface area contributed by atoms with Crippen LogP contribution in [-0.2, 0) is 6.54 Å². The normalized spacial score (nSPS) is 12.5. The third-order valence-corrected chi connectivity index (χ3v) is 4.60. The lowest BCUT2D eigenvalue weighted by Crippen LogP contribution is -2.36. The van der Waals surface area contributed by atoms with E-state index in [1.54, 1.807) is 24.6 Å². The first-order valence-corrected chi connectivity index (χ1v) is 8.91. The standard InChI is InChI=1S/C20H24N4O3/c1-5-24-12-15(18(25)14-9-8-13(2)22-19(14)24)20(26)21-11-16(23(3)4)17-7-6-10-27-17/h6-10,12,16H,5,11H2,1-4H3,(H,21,26). The minimum absolute atomic E-state index is 0.118. The zero-order valence-corrected chi connectivity index (χ0v) is 16.0. The van der Waals surface area contributed by atoms with Crippen molar-refractivity contribution in [1.82, 2.24) is 19.8 Å². The van der Waals surface area contributed by atoms with E-state index in [0.29, 0.717) is 24.1 Å². The second kappa shape index (κ2) is 7.75. The smallest absolute Gasteiger partial charge is 0.256 e. The van der Waals surface area contributed by atoms with Gasteiger partial charge in [-0.25, -0.2) is 4.98 Å². The number of aryl methyl sites for hydroxylation is 2. The fourth-order valence-corrected chi connectivity index (χ4v) is 3.07. The van der Waals surface area contributed by atoms with Crippen molar-refractivity contribution >= 4 is 16.9 Å². The number of furan rings is 1. The number of carbonyl (C=O) groups excluding carboxylic acids is 1. The molecule has 0 saturated heterocycles. The number of fused-ring (bicyclic) bond motifs is 1. The van der Waals surface area contributed by atoms with Crippen LogP contribution in [0.2, 0.25) is 0 Å². The maximum Gasteiger partial charge on any atom is 0.256 e. The third kappa shape index (κ3) is 3.78. The van der Waals surface area contributed by atoms with E-state index >= 15 is 0 Å².